The molecule has 0 saturated carbocycles. The van der Waals surface area contributed by atoms with Gasteiger partial charge < -0.3 is 14.7 Å². The van der Waals surface area contributed by atoms with E-state index in [1.54, 1.807) is 18.3 Å². The molecule has 0 aliphatic carbocycles. The Hall–Kier alpha value is -1.66. The van der Waals surface area contributed by atoms with Crippen molar-refractivity contribution < 1.29 is 14.6 Å². The van der Waals surface area contributed by atoms with E-state index in [-0.39, 0.29) is 18.6 Å². The molecule has 2 heterocycles. The molecule has 0 spiro atoms. The van der Waals surface area contributed by atoms with Gasteiger partial charge in [0, 0.05) is 50.1 Å². The molecule has 1 fully saturated rings. The lowest BCUT2D eigenvalue weighted by molar-refractivity contribution is 0.0500. The van der Waals surface area contributed by atoms with Crippen molar-refractivity contribution in [3.63, 3.8) is 0 Å². The quantitative estimate of drug-likeness (QED) is 0.854. The summed E-state index contributed by atoms with van der Waals surface area (Å²) in [5.41, 5.74) is 0.587. The number of carbonyl (C=O) groups is 1. The average molecular weight is 279 g/mol. The Labute approximate surface area is 119 Å². The summed E-state index contributed by atoms with van der Waals surface area (Å²) in [6.45, 7) is 2.29. The Kier molecular flexibility index (Phi) is 4.92. The van der Waals surface area contributed by atoms with Gasteiger partial charge in [-0.25, -0.2) is 4.98 Å². The number of ether oxygens (including phenoxy) is 1. The maximum Gasteiger partial charge on any atom is 0.254 e. The fourth-order valence-electron chi connectivity index (χ4n) is 2.43. The van der Waals surface area contributed by atoms with Gasteiger partial charge in [0.15, 0.2) is 0 Å². The van der Waals surface area contributed by atoms with Crippen molar-refractivity contribution in [2.45, 2.75) is 12.5 Å². The molecule has 1 saturated heterocycles. The second-order valence-corrected chi connectivity index (χ2v) is 4.98. The van der Waals surface area contributed by atoms with Crippen molar-refractivity contribution in [3.8, 4) is 5.88 Å². The summed E-state index contributed by atoms with van der Waals surface area (Å²) in [5, 5.41) is 9.09. The van der Waals surface area contributed by atoms with Gasteiger partial charge in [-0.3, -0.25) is 9.69 Å². The molecule has 6 nitrogen and oxygen atoms in total. The molecule has 0 aromatic carbocycles. The molecule has 2 rings (SSSR count). The Morgan fingerprint density at radius 1 is 1.55 bits per heavy atom. The van der Waals surface area contributed by atoms with Crippen LogP contribution in [0.1, 0.15) is 16.8 Å². The standard InChI is InChI=1S/C14H21N3O3/c1-16-6-7-17(10-12(16)4-8-18)14(19)11-3-5-15-13(9-11)20-2/h3,5,9,12,18H,4,6-8,10H2,1-2H3/t12-/m0/s1. The van der Waals surface area contributed by atoms with E-state index < -0.39 is 0 Å². The fourth-order valence-corrected chi connectivity index (χ4v) is 2.43. The van der Waals surface area contributed by atoms with E-state index in [0.29, 0.717) is 31.0 Å². The second kappa shape index (κ2) is 6.67. The lowest BCUT2D eigenvalue weighted by Gasteiger charge is -2.39. The first-order valence-electron chi connectivity index (χ1n) is 6.76. The Bertz CT molecular complexity index is 467. The van der Waals surface area contributed by atoms with Crippen molar-refractivity contribution in [1.82, 2.24) is 14.8 Å². The van der Waals surface area contributed by atoms with Gasteiger partial charge in [-0.2, -0.15) is 0 Å². The van der Waals surface area contributed by atoms with E-state index >= 15 is 0 Å². The van der Waals surface area contributed by atoms with Crippen LogP contribution in [0.4, 0.5) is 0 Å². The zero-order chi connectivity index (χ0) is 14.5. The van der Waals surface area contributed by atoms with Crippen LogP contribution in [0.15, 0.2) is 18.3 Å². The molecule has 1 amide bonds. The molecule has 6 heteroatoms. The van der Waals surface area contributed by atoms with Gasteiger partial charge in [-0.05, 0) is 19.5 Å². The van der Waals surface area contributed by atoms with Gasteiger partial charge >= 0.3 is 0 Å². The number of aliphatic hydroxyl groups is 1. The molecule has 20 heavy (non-hydrogen) atoms. The monoisotopic (exact) mass is 279 g/mol. The summed E-state index contributed by atoms with van der Waals surface area (Å²) in [5.74, 6) is 0.429. The van der Waals surface area contributed by atoms with E-state index in [0.717, 1.165) is 6.54 Å². The zero-order valence-corrected chi connectivity index (χ0v) is 12.0. The van der Waals surface area contributed by atoms with Crippen LogP contribution in [0.5, 0.6) is 5.88 Å². The minimum absolute atomic E-state index is 0.0123. The second-order valence-electron chi connectivity index (χ2n) is 4.98. The number of carbonyl (C=O) groups excluding carboxylic acids is 1. The first-order valence-corrected chi connectivity index (χ1v) is 6.76. The molecule has 1 aromatic rings. The Morgan fingerprint density at radius 3 is 3.05 bits per heavy atom. The van der Waals surface area contributed by atoms with E-state index in [2.05, 4.69) is 9.88 Å². The minimum Gasteiger partial charge on any atom is -0.481 e. The van der Waals surface area contributed by atoms with Crippen LogP contribution in [-0.2, 0) is 0 Å². The number of methoxy groups -OCH3 is 1. The number of likely N-dealkylation sites (N-methyl/N-ethyl adjacent to an activating group) is 1. The number of amides is 1. The van der Waals surface area contributed by atoms with Gasteiger partial charge in [0.2, 0.25) is 5.88 Å². The molecule has 1 aromatic heterocycles. The molecule has 1 aliphatic rings. The summed E-state index contributed by atoms with van der Waals surface area (Å²) >= 11 is 0. The summed E-state index contributed by atoms with van der Waals surface area (Å²) in [6.07, 6.45) is 2.26. The third-order valence-corrected chi connectivity index (χ3v) is 3.72. The van der Waals surface area contributed by atoms with Crippen molar-refractivity contribution in [2.24, 2.45) is 0 Å². The lowest BCUT2D eigenvalue weighted by atomic mass is 10.1. The molecular weight excluding hydrogens is 258 g/mol. The molecule has 1 N–H and O–H groups in total. The largest absolute Gasteiger partial charge is 0.481 e. The van der Waals surface area contributed by atoms with Gasteiger partial charge in [0.25, 0.3) is 5.91 Å². The fraction of sp³-hybridized carbons (Fsp3) is 0.571. The maximum atomic E-state index is 12.5. The number of nitrogens with zero attached hydrogens (tertiary/aromatic N) is 3. The number of hydrogen-bond acceptors (Lipinski definition) is 5. The normalized spacial score (nSPS) is 19.9. The number of piperazine rings is 1. The molecule has 0 radical (unpaired) electrons. The Balaban J connectivity index is 2.08. The summed E-state index contributed by atoms with van der Waals surface area (Å²) in [4.78, 5) is 20.5. The highest BCUT2D eigenvalue weighted by atomic mass is 16.5. The summed E-state index contributed by atoms with van der Waals surface area (Å²) in [7, 11) is 3.56. The molecule has 110 valence electrons. The maximum absolute atomic E-state index is 12.5. The minimum atomic E-state index is -0.0123. The van der Waals surface area contributed by atoms with Crippen LogP contribution in [-0.4, -0.2) is 72.2 Å². The number of aromatic nitrogens is 1. The van der Waals surface area contributed by atoms with E-state index in [4.69, 9.17) is 9.84 Å². The van der Waals surface area contributed by atoms with Gasteiger partial charge in [-0.15, -0.1) is 0 Å². The van der Waals surface area contributed by atoms with E-state index in [1.807, 2.05) is 11.9 Å². The SMILES string of the molecule is COc1cc(C(=O)N2CCN(C)[C@@H](CCO)C2)ccn1. The Morgan fingerprint density at radius 2 is 2.35 bits per heavy atom. The van der Waals surface area contributed by atoms with Crippen LogP contribution in [0.25, 0.3) is 0 Å². The van der Waals surface area contributed by atoms with Crippen molar-refractivity contribution in [2.75, 3.05) is 40.4 Å². The summed E-state index contributed by atoms with van der Waals surface area (Å²) < 4.78 is 5.05. The number of pyridine rings is 1. The lowest BCUT2D eigenvalue weighted by Crippen LogP contribution is -2.53. The highest BCUT2D eigenvalue weighted by Crippen LogP contribution is 2.16. The van der Waals surface area contributed by atoms with Gasteiger partial charge in [0.1, 0.15) is 0 Å². The molecule has 0 unspecified atom stereocenters. The molecule has 0 bridgehead atoms. The zero-order valence-electron chi connectivity index (χ0n) is 12.0. The first kappa shape index (κ1) is 14.7. The van der Waals surface area contributed by atoms with Crippen LogP contribution in [0.2, 0.25) is 0 Å². The molecule has 1 aliphatic heterocycles. The highest BCUT2D eigenvalue weighted by Gasteiger charge is 2.27. The first-order chi connectivity index (χ1) is 9.65. The topological polar surface area (TPSA) is 65.9 Å². The van der Waals surface area contributed by atoms with Crippen LogP contribution < -0.4 is 4.74 Å². The van der Waals surface area contributed by atoms with Crippen molar-refractivity contribution in [1.29, 1.82) is 0 Å². The van der Waals surface area contributed by atoms with E-state index in [1.165, 1.54) is 7.11 Å². The van der Waals surface area contributed by atoms with Crippen LogP contribution >= 0.6 is 0 Å². The molecule has 1 atom stereocenters. The number of rotatable bonds is 4. The van der Waals surface area contributed by atoms with Gasteiger partial charge in [-0.1, -0.05) is 0 Å². The predicted octanol–water partition coefficient (Wildman–Crippen LogP) is 0.229. The summed E-state index contributed by atoms with van der Waals surface area (Å²) in [6, 6.07) is 3.56. The third kappa shape index (κ3) is 3.26. The number of aliphatic hydroxyl groups excluding tert-OH is 1. The average Bonchev–Trinajstić information content (AvgIpc) is 2.49. The van der Waals surface area contributed by atoms with Crippen molar-refractivity contribution in [3.05, 3.63) is 23.9 Å². The van der Waals surface area contributed by atoms with Crippen LogP contribution in [0, 0.1) is 0 Å². The van der Waals surface area contributed by atoms with E-state index in [9.17, 15) is 4.79 Å². The van der Waals surface area contributed by atoms with Gasteiger partial charge in [0.05, 0.1) is 7.11 Å². The molecular formula is C14H21N3O3. The number of hydrogen-bond donors (Lipinski definition) is 1. The van der Waals surface area contributed by atoms with Crippen molar-refractivity contribution >= 4 is 5.91 Å². The smallest absolute Gasteiger partial charge is 0.254 e. The third-order valence-electron chi connectivity index (χ3n) is 3.72. The van der Waals surface area contributed by atoms with Crippen LogP contribution in [0.3, 0.4) is 0 Å². The highest BCUT2D eigenvalue weighted by molar-refractivity contribution is 5.94. The predicted molar refractivity (Wildman–Crippen MR) is 74.8 cm³/mol.